The number of aliphatic carboxylic acids is 1. The van der Waals surface area contributed by atoms with Crippen molar-refractivity contribution in [2.24, 2.45) is 0 Å². The first-order chi connectivity index (χ1) is 22.1. The molecule has 46 heavy (non-hydrogen) atoms. The van der Waals surface area contributed by atoms with Crippen molar-refractivity contribution in [2.75, 3.05) is 23.7 Å². The Kier molecular flexibility index (Phi) is 8.44. The topological polar surface area (TPSA) is 167 Å². The van der Waals surface area contributed by atoms with E-state index in [1.807, 2.05) is 0 Å². The monoisotopic (exact) mass is 650 g/mol. The molecule has 3 aromatic rings. The average molecular weight is 651 g/mol. The number of benzene rings is 1. The van der Waals surface area contributed by atoms with Crippen molar-refractivity contribution >= 4 is 47.2 Å². The lowest BCUT2D eigenvalue weighted by Gasteiger charge is -2.49. The molecule has 1 aromatic carbocycles. The molecular formula is C30H29FN7O7S+. The number of thioether (sulfide) groups is 1. The number of hydrogen-bond donors (Lipinski definition) is 3. The molecule has 3 aliphatic rings. The van der Waals surface area contributed by atoms with Crippen LogP contribution in [0.5, 0.6) is 0 Å². The van der Waals surface area contributed by atoms with Crippen LogP contribution >= 0.6 is 11.8 Å². The molecule has 0 spiro atoms. The van der Waals surface area contributed by atoms with Crippen LogP contribution in [0.25, 0.3) is 11.1 Å². The third kappa shape index (κ3) is 6.15. The Balaban J connectivity index is 1.11. The first kappa shape index (κ1) is 30.8. The summed E-state index contributed by atoms with van der Waals surface area (Å²) >= 11 is 1.37. The van der Waals surface area contributed by atoms with Crippen LogP contribution < -0.4 is 20.1 Å². The van der Waals surface area contributed by atoms with Gasteiger partial charge in [0, 0.05) is 48.3 Å². The van der Waals surface area contributed by atoms with Gasteiger partial charge in [-0.05, 0) is 23.8 Å². The van der Waals surface area contributed by atoms with E-state index in [1.165, 1.54) is 47.1 Å². The number of β-lactam (4-membered cyclic amide) rings is 1. The Bertz CT molecular complexity index is 1750. The van der Waals surface area contributed by atoms with Gasteiger partial charge in [0.05, 0.1) is 25.1 Å². The van der Waals surface area contributed by atoms with Crippen molar-refractivity contribution in [3.05, 3.63) is 78.5 Å². The van der Waals surface area contributed by atoms with E-state index in [2.05, 4.69) is 15.6 Å². The van der Waals surface area contributed by atoms with Gasteiger partial charge in [0.25, 0.3) is 5.91 Å². The maximum absolute atomic E-state index is 15.2. The number of pyridine rings is 1. The minimum atomic E-state index is -1.24. The number of nitrogens with zero attached hydrogens (tertiary/aromatic N) is 5. The van der Waals surface area contributed by atoms with Crippen molar-refractivity contribution < 1.29 is 42.8 Å². The van der Waals surface area contributed by atoms with E-state index in [0.29, 0.717) is 28.1 Å². The molecule has 1 unspecified atom stereocenters. The second-order valence-electron chi connectivity index (χ2n) is 10.9. The Morgan fingerprint density at radius 2 is 1.98 bits per heavy atom. The third-order valence-corrected chi connectivity index (χ3v) is 9.08. The number of carbonyl (C=O) groups excluding carboxylic acids is 4. The molecule has 5 heterocycles. The number of anilines is 1. The predicted molar refractivity (Wildman–Crippen MR) is 160 cm³/mol. The maximum atomic E-state index is 15.2. The van der Waals surface area contributed by atoms with Crippen molar-refractivity contribution in [3.63, 3.8) is 0 Å². The Hall–Kier alpha value is -5.25. The van der Waals surface area contributed by atoms with Crippen LogP contribution in [0.15, 0.2) is 72.7 Å². The van der Waals surface area contributed by atoms with Gasteiger partial charge in [-0.1, -0.05) is 0 Å². The number of cyclic esters (lactones) is 1. The van der Waals surface area contributed by atoms with Crippen LogP contribution in [0.3, 0.4) is 0 Å². The standard InChI is InChI=1S/C30H28FN7O7S/c1-17(39)33-11-21-13-37(30(44)45-21)20-2-3-22(23(31)10-20)18-4-7-35(8-5-18)12-19-15-46-28-25(27(41)38(28)26(19)29(42)43)34-24(40)14-36-9-6-32-16-36/h2-10,16,21,25,28H,11-15H2,1H3,(H2-,33,34,39,40,42,43)/p+1/t21-,25+,28?/m0/s1. The lowest BCUT2D eigenvalue weighted by atomic mass is 10.0. The molecule has 3 N–H and O–H groups in total. The Labute approximate surface area is 265 Å². The fourth-order valence-corrected chi connectivity index (χ4v) is 6.87. The highest BCUT2D eigenvalue weighted by molar-refractivity contribution is 8.00. The maximum Gasteiger partial charge on any atom is 0.414 e. The number of aromatic nitrogens is 3. The van der Waals surface area contributed by atoms with Crippen LogP contribution in [-0.2, 0) is 37.0 Å². The molecule has 238 valence electrons. The summed E-state index contributed by atoms with van der Waals surface area (Å²) in [4.78, 5) is 67.5. The minimum Gasteiger partial charge on any atom is -0.477 e. The smallest absolute Gasteiger partial charge is 0.414 e. The van der Waals surface area contributed by atoms with Gasteiger partial charge >= 0.3 is 12.1 Å². The predicted octanol–water partition coefficient (Wildman–Crippen LogP) is 0.877. The molecule has 16 heteroatoms. The highest BCUT2D eigenvalue weighted by Crippen LogP contribution is 2.40. The second kappa shape index (κ2) is 12.6. The first-order valence-corrected chi connectivity index (χ1v) is 15.3. The number of halogens is 1. The molecule has 2 saturated heterocycles. The summed E-state index contributed by atoms with van der Waals surface area (Å²) in [7, 11) is 0. The second-order valence-corrected chi connectivity index (χ2v) is 12.0. The number of carbonyl (C=O) groups is 5. The fraction of sp³-hybridized carbons (Fsp3) is 0.300. The summed E-state index contributed by atoms with van der Waals surface area (Å²) in [6.07, 6.45) is 6.85. The molecule has 14 nitrogen and oxygen atoms in total. The zero-order chi connectivity index (χ0) is 32.5. The van der Waals surface area contributed by atoms with Gasteiger partial charge in [-0.2, -0.15) is 0 Å². The van der Waals surface area contributed by atoms with Crippen LogP contribution in [0.1, 0.15) is 6.92 Å². The average Bonchev–Trinajstić information content (AvgIpc) is 3.68. The highest BCUT2D eigenvalue weighted by Gasteiger charge is 2.54. The minimum absolute atomic E-state index is 0.0106. The van der Waals surface area contributed by atoms with Gasteiger partial charge < -0.3 is 25.0 Å². The van der Waals surface area contributed by atoms with E-state index < -0.39 is 41.3 Å². The van der Waals surface area contributed by atoms with Gasteiger partial charge in [0.2, 0.25) is 11.8 Å². The number of nitrogens with one attached hydrogen (secondary N) is 2. The SMILES string of the molecule is CC(=O)NC[C@H]1CN(c2ccc(-c3cc[n+](CC4=C(C(=O)O)N5C(=O)[C@@H](NC(=O)Cn6ccnc6)C5SC4)cc3)c(F)c2)C(=O)O1. The van der Waals surface area contributed by atoms with E-state index in [0.717, 1.165) is 0 Å². The number of imidazole rings is 1. The van der Waals surface area contributed by atoms with Crippen LogP contribution in [-0.4, -0.2) is 85.7 Å². The lowest BCUT2D eigenvalue weighted by molar-refractivity contribution is -0.689. The normalized spacial score (nSPS) is 20.6. The fourth-order valence-electron chi connectivity index (χ4n) is 5.53. The molecule has 2 aromatic heterocycles. The van der Waals surface area contributed by atoms with E-state index in [9.17, 15) is 29.1 Å². The van der Waals surface area contributed by atoms with Gasteiger partial charge in [0.1, 0.15) is 35.6 Å². The first-order valence-electron chi connectivity index (χ1n) is 14.3. The number of rotatable bonds is 10. The quantitative estimate of drug-likeness (QED) is 0.213. The molecule has 0 saturated carbocycles. The van der Waals surface area contributed by atoms with Crippen molar-refractivity contribution in [1.29, 1.82) is 0 Å². The Morgan fingerprint density at radius 1 is 1.20 bits per heavy atom. The van der Waals surface area contributed by atoms with E-state index in [4.69, 9.17) is 4.74 Å². The molecule has 6 rings (SSSR count). The van der Waals surface area contributed by atoms with Crippen LogP contribution in [0, 0.1) is 5.82 Å². The third-order valence-electron chi connectivity index (χ3n) is 7.74. The number of ether oxygens (including phenoxy) is 1. The zero-order valence-corrected chi connectivity index (χ0v) is 25.3. The molecule has 0 aliphatic carbocycles. The number of amides is 4. The van der Waals surface area contributed by atoms with Crippen molar-refractivity contribution in [1.82, 2.24) is 25.1 Å². The number of carboxylic acid groups (broad SMARTS) is 1. The number of hydrogen-bond acceptors (Lipinski definition) is 8. The lowest BCUT2D eigenvalue weighted by Crippen LogP contribution is -2.71. The summed E-state index contributed by atoms with van der Waals surface area (Å²) in [5.41, 5.74) is 1.60. The van der Waals surface area contributed by atoms with E-state index in [1.54, 1.807) is 52.0 Å². The summed E-state index contributed by atoms with van der Waals surface area (Å²) in [5, 5.41) is 14.8. The highest BCUT2D eigenvalue weighted by atomic mass is 32.2. The Morgan fingerprint density at radius 3 is 2.65 bits per heavy atom. The molecular weight excluding hydrogens is 621 g/mol. The van der Waals surface area contributed by atoms with Gasteiger partial charge in [-0.15, -0.1) is 11.8 Å². The molecule has 0 radical (unpaired) electrons. The summed E-state index contributed by atoms with van der Waals surface area (Å²) in [6, 6.07) is 6.96. The molecule has 3 aliphatic heterocycles. The zero-order valence-electron chi connectivity index (χ0n) is 24.5. The number of carboxylic acids is 1. The summed E-state index contributed by atoms with van der Waals surface area (Å²) < 4.78 is 23.8. The van der Waals surface area contributed by atoms with Gasteiger partial charge in [0.15, 0.2) is 18.9 Å². The summed E-state index contributed by atoms with van der Waals surface area (Å²) in [6.45, 7) is 1.86. The van der Waals surface area contributed by atoms with Crippen molar-refractivity contribution in [2.45, 2.75) is 37.5 Å². The molecule has 2 fully saturated rings. The van der Waals surface area contributed by atoms with Crippen LogP contribution in [0.4, 0.5) is 14.9 Å². The molecule has 3 atom stereocenters. The van der Waals surface area contributed by atoms with Gasteiger partial charge in [-0.3, -0.25) is 24.2 Å². The molecule has 4 amide bonds. The van der Waals surface area contributed by atoms with Gasteiger partial charge in [-0.25, -0.2) is 23.5 Å². The van der Waals surface area contributed by atoms with E-state index in [-0.39, 0.29) is 43.7 Å². The number of fused-ring (bicyclic) bond motifs is 1. The summed E-state index contributed by atoms with van der Waals surface area (Å²) in [5.74, 6) is -2.57. The largest absolute Gasteiger partial charge is 0.477 e. The van der Waals surface area contributed by atoms with Crippen molar-refractivity contribution in [3.8, 4) is 11.1 Å². The molecule has 0 bridgehead atoms. The van der Waals surface area contributed by atoms with E-state index >= 15 is 4.39 Å². The van der Waals surface area contributed by atoms with Crippen LogP contribution in [0.2, 0.25) is 0 Å².